The fraction of sp³-hybridized carbons (Fsp3) is 0.231. The Morgan fingerprint density at radius 1 is 1.00 bits per heavy atom. The lowest BCUT2D eigenvalue weighted by Crippen LogP contribution is -3.12. The largest absolute Gasteiger partial charge is 0.463 e. The van der Waals surface area contributed by atoms with Crippen molar-refractivity contribution in [2.45, 2.75) is 25.4 Å². The van der Waals surface area contributed by atoms with E-state index in [0.717, 1.165) is 43.4 Å². The standard InChI is InChI=1S/C26H25N3O2/c30-26(27-20-12-14-29(15-13-20)18-19-7-2-1-3-8-19)22-17-24(25-11-6-16-31-25)28-23-10-5-4-9-21(22)23/h1-11,16-17,20H,12-15,18H2,(H,27,30)/p+1. The van der Waals surface area contributed by atoms with Crippen molar-refractivity contribution in [1.82, 2.24) is 10.3 Å². The highest BCUT2D eigenvalue weighted by atomic mass is 16.3. The summed E-state index contributed by atoms with van der Waals surface area (Å²) < 4.78 is 5.52. The lowest BCUT2D eigenvalue weighted by atomic mass is 10.0. The average Bonchev–Trinajstić information content (AvgIpc) is 3.35. The Hall–Kier alpha value is -3.44. The molecule has 0 saturated carbocycles. The zero-order valence-electron chi connectivity index (χ0n) is 17.4. The third-order valence-electron chi connectivity index (χ3n) is 6.06. The van der Waals surface area contributed by atoms with E-state index < -0.39 is 0 Å². The molecule has 1 aliphatic rings. The van der Waals surface area contributed by atoms with Gasteiger partial charge in [0.05, 0.1) is 30.4 Å². The van der Waals surface area contributed by atoms with E-state index in [-0.39, 0.29) is 11.9 Å². The number of fused-ring (bicyclic) bond motifs is 1. The minimum Gasteiger partial charge on any atom is -0.463 e. The van der Waals surface area contributed by atoms with Crippen molar-refractivity contribution in [2.75, 3.05) is 13.1 Å². The third-order valence-corrected chi connectivity index (χ3v) is 6.06. The molecule has 0 radical (unpaired) electrons. The van der Waals surface area contributed by atoms with Crippen molar-refractivity contribution in [3.8, 4) is 11.5 Å². The van der Waals surface area contributed by atoms with Gasteiger partial charge in [0.15, 0.2) is 5.76 Å². The maximum Gasteiger partial charge on any atom is 0.252 e. The Labute approximate surface area is 181 Å². The average molecular weight is 413 g/mol. The fourth-order valence-corrected chi connectivity index (χ4v) is 4.41. The van der Waals surface area contributed by atoms with Gasteiger partial charge in [-0.1, -0.05) is 48.5 Å². The zero-order chi connectivity index (χ0) is 21.0. The Morgan fingerprint density at radius 3 is 2.55 bits per heavy atom. The second-order valence-corrected chi connectivity index (χ2v) is 8.21. The van der Waals surface area contributed by atoms with Crippen LogP contribution in [0.5, 0.6) is 0 Å². The number of hydrogen-bond donors (Lipinski definition) is 2. The summed E-state index contributed by atoms with van der Waals surface area (Å²) in [5.74, 6) is 0.625. The molecule has 5 nitrogen and oxygen atoms in total. The van der Waals surface area contributed by atoms with Crippen LogP contribution in [0.2, 0.25) is 0 Å². The van der Waals surface area contributed by atoms with Crippen LogP contribution in [-0.2, 0) is 6.54 Å². The quantitative estimate of drug-likeness (QED) is 0.528. The Bertz CT molecular complexity index is 1160. The number of nitrogens with one attached hydrogen (secondary N) is 2. The number of rotatable bonds is 5. The number of hydrogen-bond acceptors (Lipinski definition) is 3. The molecule has 1 aliphatic heterocycles. The Kier molecular flexibility index (Phi) is 5.50. The Morgan fingerprint density at radius 2 is 1.77 bits per heavy atom. The van der Waals surface area contributed by atoms with Crippen LogP contribution in [0.1, 0.15) is 28.8 Å². The first-order chi connectivity index (χ1) is 15.3. The number of amides is 1. The van der Waals surface area contributed by atoms with Gasteiger partial charge in [-0.2, -0.15) is 0 Å². The van der Waals surface area contributed by atoms with Gasteiger partial charge in [0.1, 0.15) is 12.2 Å². The smallest absolute Gasteiger partial charge is 0.252 e. The highest BCUT2D eigenvalue weighted by Crippen LogP contribution is 2.25. The molecule has 0 bridgehead atoms. The van der Waals surface area contributed by atoms with Crippen LogP contribution in [0.3, 0.4) is 0 Å². The molecule has 31 heavy (non-hydrogen) atoms. The van der Waals surface area contributed by atoms with Crippen molar-refractivity contribution < 1.29 is 14.1 Å². The van der Waals surface area contributed by atoms with Crippen LogP contribution in [0, 0.1) is 0 Å². The molecule has 0 aliphatic carbocycles. The summed E-state index contributed by atoms with van der Waals surface area (Å²) >= 11 is 0. The molecule has 5 heteroatoms. The molecule has 4 aromatic rings. The van der Waals surface area contributed by atoms with E-state index in [2.05, 4.69) is 40.6 Å². The molecule has 0 atom stereocenters. The van der Waals surface area contributed by atoms with Gasteiger partial charge in [0, 0.05) is 29.8 Å². The van der Waals surface area contributed by atoms with Gasteiger partial charge >= 0.3 is 0 Å². The molecule has 156 valence electrons. The minimum atomic E-state index is -0.0390. The van der Waals surface area contributed by atoms with Crippen LogP contribution in [0.25, 0.3) is 22.4 Å². The van der Waals surface area contributed by atoms with Crippen molar-refractivity contribution in [3.05, 3.63) is 90.2 Å². The van der Waals surface area contributed by atoms with Crippen LogP contribution < -0.4 is 10.2 Å². The molecule has 2 aromatic carbocycles. The van der Waals surface area contributed by atoms with Crippen LogP contribution in [0.4, 0.5) is 0 Å². The third kappa shape index (κ3) is 4.37. The van der Waals surface area contributed by atoms with E-state index in [1.807, 2.05) is 42.5 Å². The first-order valence-corrected chi connectivity index (χ1v) is 10.9. The summed E-state index contributed by atoms with van der Waals surface area (Å²) in [5, 5.41) is 4.14. The number of aromatic nitrogens is 1. The SMILES string of the molecule is O=C(NC1CC[NH+](Cc2ccccc2)CC1)c1cc(-c2ccco2)nc2ccccc12. The first-order valence-electron chi connectivity index (χ1n) is 10.9. The number of piperidine rings is 1. The van der Waals surface area contributed by atoms with E-state index in [4.69, 9.17) is 4.42 Å². The second kappa shape index (κ2) is 8.74. The fourth-order valence-electron chi connectivity index (χ4n) is 4.41. The summed E-state index contributed by atoms with van der Waals surface area (Å²) in [6.07, 6.45) is 3.60. The number of carbonyl (C=O) groups excluding carboxylic acids is 1. The highest BCUT2D eigenvalue weighted by Gasteiger charge is 2.25. The van der Waals surface area contributed by atoms with Crippen LogP contribution in [-0.4, -0.2) is 30.0 Å². The molecule has 3 heterocycles. The maximum absolute atomic E-state index is 13.2. The summed E-state index contributed by atoms with van der Waals surface area (Å²) in [4.78, 5) is 19.5. The van der Waals surface area contributed by atoms with Gasteiger partial charge in [-0.15, -0.1) is 0 Å². The number of benzene rings is 2. The van der Waals surface area contributed by atoms with Gasteiger partial charge in [0.2, 0.25) is 0 Å². The molecular weight excluding hydrogens is 386 g/mol. The summed E-state index contributed by atoms with van der Waals surface area (Å²) in [6.45, 7) is 3.17. The van der Waals surface area contributed by atoms with Gasteiger partial charge in [-0.05, 0) is 24.3 Å². The minimum absolute atomic E-state index is 0.0390. The van der Waals surface area contributed by atoms with E-state index in [0.29, 0.717) is 17.0 Å². The molecule has 5 rings (SSSR count). The number of furan rings is 1. The predicted molar refractivity (Wildman–Crippen MR) is 121 cm³/mol. The lowest BCUT2D eigenvalue weighted by molar-refractivity contribution is -0.918. The summed E-state index contributed by atoms with van der Waals surface area (Å²) in [7, 11) is 0. The molecule has 1 amide bonds. The first kappa shape index (κ1) is 19.5. The van der Waals surface area contributed by atoms with Gasteiger partial charge in [-0.3, -0.25) is 4.79 Å². The lowest BCUT2D eigenvalue weighted by Gasteiger charge is -2.30. The van der Waals surface area contributed by atoms with E-state index >= 15 is 0 Å². The molecule has 2 N–H and O–H groups in total. The van der Waals surface area contributed by atoms with Gasteiger partial charge in [0.25, 0.3) is 5.91 Å². The highest BCUT2D eigenvalue weighted by molar-refractivity contribution is 6.07. The van der Waals surface area contributed by atoms with Crippen molar-refractivity contribution in [2.24, 2.45) is 0 Å². The Balaban J connectivity index is 1.30. The maximum atomic E-state index is 13.2. The van der Waals surface area contributed by atoms with Crippen LogP contribution >= 0.6 is 0 Å². The monoisotopic (exact) mass is 412 g/mol. The van der Waals surface area contributed by atoms with Gasteiger partial charge < -0.3 is 14.6 Å². The van der Waals surface area contributed by atoms with E-state index in [1.165, 1.54) is 5.56 Å². The number of nitrogens with zero attached hydrogens (tertiary/aromatic N) is 1. The number of quaternary nitrogens is 1. The van der Waals surface area contributed by atoms with Crippen molar-refractivity contribution in [1.29, 1.82) is 0 Å². The molecule has 2 aromatic heterocycles. The normalized spacial score (nSPS) is 18.7. The molecule has 0 unspecified atom stereocenters. The van der Waals surface area contributed by atoms with Crippen LogP contribution in [0.15, 0.2) is 83.5 Å². The number of para-hydroxylation sites is 1. The van der Waals surface area contributed by atoms with E-state index in [9.17, 15) is 4.79 Å². The molecular formula is C26H26N3O2+. The summed E-state index contributed by atoms with van der Waals surface area (Å²) in [6, 6.07) is 24.1. The molecule has 0 spiro atoms. The van der Waals surface area contributed by atoms with E-state index in [1.54, 1.807) is 11.2 Å². The van der Waals surface area contributed by atoms with Crippen molar-refractivity contribution in [3.63, 3.8) is 0 Å². The summed E-state index contributed by atoms with van der Waals surface area (Å²) in [5.41, 5.74) is 3.49. The number of carbonyl (C=O) groups is 1. The predicted octanol–water partition coefficient (Wildman–Crippen LogP) is 3.47. The zero-order valence-corrected chi connectivity index (χ0v) is 17.4. The molecule has 1 saturated heterocycles. The second-order valence-electron chi connectivity index (χ2n) is 8.21. The number of likely N-dealkylation sites (tertiary alicyclic amines) is 1. The topological polar surface area (TPSA) is 59.6 Å². The number of pyridine rings is 1. The van der Waals surface area contributed by atoms with Gasteiger partial charge in [-0.25, -0.2) is 4.98 Å². The molecule has 1 fully saturated rings. The van der Waals surface area contributed by atoms with Crippen molar-refractivity contribution >= 4 is 16.8 Å².